The van der Waals surface area contributed by atoms with Gasteiger partial charge in [0.05, 0.1) is 12.2 Å². The van der Waals surface area contributed by atoms with Crippen LogP contribution in [0.25, 0.3) is 0 Å². The quantitative estimate of drug-likeness (QED) is 0.923. The molecule has 0 radical (unpaired) electrons. The Morgan fingerprint density at radius 1 is 1.32 bits per heavy atom. The van der Waals surface area contributed by atoms with Crippen LogP contribution in [0.5, 0.6) is 0 Å². The van der Waals surface area contributed by atoms with E-state index >= 15 is 0 Å². The average Bonchev–Trinajstić information content (AvgIpc) is 2.88. The first kappa shape index (κ1) is 16.5. The third-order valence-corrected chi connectivity index (χ3v) is 4.01. The zero-order valence-corrected chi connectivity index (χ0v) is 12.4. The number of nitrogens with zero attached hydrogens (tertiary/aromatic N) is 4. The molecular weight excluding hydrogens is 297 g/mol. The van der Waals surface area contributed by atoms with Gasteiger partial charge in [0.1, 0.15) is 11.6 Å². The zero-order chi connectivity index (χ0) is 16.5. The number of nitriles is 1. The summed E-state index contributed by atoms with van der Waals surface area (Å²) < 4.78 is 38.7. The standard InChI is InChI=1S/C14H17F3N4O/c1-3-9-10(7-18)12(20-19-11(9)4-2)21-6-5-13(22,8-21)14(15,16)17/h22H,3-6,8H2,1-2H3/t13-/m1/s1. The van der Waals surface area contributed by atoms with Gasteiger partial charge in [-0.1, -0.05) is 13.8 Å². The number of rotatable bonds is 3. The van der Waals surface area contributed by atoms with Gasteiger partial charge in [0.15, 0.2) is 11.4 Å². The van der Waals surface area contributed by atoms with E-state index in [2.05, 4.69) is 10.2 Å². The van der Waals surface area contributed by atoms with Gasteiger partial charge in [-0.15, -0.1) is 5.10 Å². The summed E-state index contributed by atoms with van der Waals surface area (Å²) in [6.07, 6.45) is -4.01. The molecule has 2 rings (SSSR count). The molecule has 2 heterocycles. The molecule has 1 aromatic rings. The van der Waals surface area contributed by atoms with E-state index < -0.39 is 24.7 Å². The summed E-state index contributed by atoms with van der Waals surface area (Å²) in [6.45, 7) is 3.08. The first-order chi connectivity index (χ1) is 10.3. The van der Waals surface area contributed by atoms with Crippen LogP contribution >= 0.6 is 0 Å². The van der Waals surface area contributed by atoms with Gasteiger partial charge in [-0.2, -0.15) is 23.5 Å². The molecule has 1 atom stereocenters. The molecule has 8 heteroatoms. The lowest BCUT2D eigenvalue weighted by atomic mass is 10.0. The Bertz CT molecular complexity index is 611. The number of alkyl halides is 3. The molecule has 1 aliphatic heterocycles. The predicted molar refractivity (Wildman–Crippen MR) is 73.3 cm³/mol. The Morgan fingerprint density at radius 3 is 2.45 bits per heavy atom. The van der Waals surface area contributed by atoms with Crippen molar-refractivity contribution in [2.75, 3.05) is 18.0 Å². The second kappa shape index (κ2) is 5.72. The summed E-state index contributed by atoms with van der Waals surface area (Å²) in [5.41, 5.74) is -1.14. The maximum Gasteiger partial charge on any atom is 0.418 e. The summed E-state index contributed by atoms with van der Waals surface area (Å²) in [4.78, 5) is 1.29. The Balaban J connectivity index is 2.42. The number of anilines is 1. The van der Waals surface area contributed by atoms with E-state index in [1.165, 1.54) is 4.90 Å². The lowest BCUT2D eigenvalue weighted by molar-refractivity contribution is -0.250. The molecule has 0 saturated carbocycles. The normalized spacial score (nSPS) is 22.0. The minimum atomic E-state index is -4.71. The first-order valence-corrected chi connectivity index (χ1v) is 7.10. The van der Waals surface area contributed by atoms with Gasteiger partial charge in [0, 0.05) is 13.0 Å². The van der Waals surface area contributed by atoms with Crippen molar-refractivity contribution in [3.8, 4) is 6.07 Å². The Kier molecular flexibility index (Phi) is 4.29. The zero-order valence-electron chi connectivity index (χ0n) is 12.4. The highest BCUT2D eigenvalue weighted by Crippen LogP contribution is 2.39. The van der Waals surface area contributed by atoms with Crippen LogP contribution in [0.4, 0.5) is 19.0 Å². The number of β-amino-alcohol motifs (C(OH)–C–C–N with tert-alkyl or cyclic N) is 1. The monoisotopic (exact) mass is 314 g/mol. The second-order valence-electron chi connectivity index (χ2n) is 5.34. The lowest BCUT2D eigenvalue weighted by Crippen LogP contribution is -2.47. The molecule has 120 valence electrons. The van der Waals surface area contributed by atoms with Crippen molar-refractivity contribution in [1.82, 2.24) is 10.2 Å². The fourth-order valence-electron chi connectivity index (χ4n) is 2.71. The predicted octanol–water partition coefficient (Wildman–Crippen LogP) is 1.98. The number of aromatic nitrogens is 2. The maximum absolute atomic E-state index is 12.9. The summed E-state index contributed by atoms with van der Waals surface area (Å²) >= 11 is 0. The van der Waals surface area contributed by atoms with Crippen LogP contribution in [0.1, 0.15) is 37.1 Å². The molecule has 22 heavy (non-hydrogen) atoms. The average molecular weight is 314 g/mol. The molecular formula is C14H17F3N4O. The van der Waals surface area contributed by atoms with Crippen molar-refractivity contribution in [2.45, 2.75) is 44.9 Å². The molecule has 1 fully saturated rings. The Hall–Kier alpha value is -1.88. The SMILES string of the molecule is CCc1nnc(N2CC[C@](O)(C(F)(F)F)C2)c(C#N)c1CC. The van der Waals surface area contributed by atoms with Crippen LogP contribution in [0.3, 0.4) is 0 Å². The second-order valence-corrected chi connectivity index (χ2v) is 5.34. The number of hydrogen-bond acceptors (Lipinski definition) is 5. The Labute approximate surface area is 126 Å². The summed E-state index contributed by atoms with van der Waals surface area (Å²) in [5.74, 6) is 0.122. The molecule has 0 aromatic carbocycles. The van der Waals surface area contributed by atoms with Gasteiger partial charge >= 0.3 is 6.18 Å². The molecule has 0 amide bonds. The van der Waals surface area contributed by atoms with E-state index in [0.717, 1.165) is 0 Å². The van der Waals surface area contributed by atoms with Crippen LogP contribution in [0, 0.1) is 11.3 Å². The van der Waals surface area contributed by atoms with Crippen LogP contribution in [-0.4, -0.2) is 40.2 Å². The molecule has 0 bridgehead atoms. The van der Waals surface area contributed by atoms with Gasteiger partial charge in [0.2, 0.25) is 0 Å². The number of aliphatic hydroxyl groups is 1. The van der Waals surface area contributed by atoms with E-state index in [4.69, 9.17) is 0 Å². The highest BCUT2D eigenvalue weighted by atomic mass is 19.4. The molecule has 1 N–H and O–H groups in total. The topological polar surface area (TPSA) is 73.0 Å². The van der Waals surface area contributed by atoms with E-state index in [1.807, 2.05) is 19.9 Å². The van der Waals surface area contributed by atoms with E-state index in [-0.39, 0.29) is 17.9 Å². The molecule has 1 aliphatic rings. The minimum absolute atomic E-state index is 0.0198. The molecule has 0 aliphatic carbocycles. The van der Waals surface area contributed by atoms with Crippen LogP contribution < -0.4 is 4.90 Å². The summed E-state index contributed by atoms with van der Waals surface area (Å²) in [7, 11) is 0. The lowest BCUT2D eigenvalue weighted by Gasteiger charge is -2.26. The van der Waals surface area contributed by atoms with Crippen molar-refractivity contribution >= 4 is 5.82 Å². The Morgan fingerprint density at radius 2 is 2.00 bits per heavy atom. The van der Waals surface area contributed by atoms with Gasteiger partial charge in [-0.25, -0.2) is 0 Å². The maximum atomic E-state index is 12.9. The van der Waals surface area contributed by atoms with Gasteiger partial charge in [0.25, 0.3) is 0 Å². The van der Waals surface area contributed by atoms with Crippen molar-refractivity contribution in [2.24, 2.45) is 0 Å². The van der Waals surface area contributed by atoms with Crippen LogP contribution in [0.2, 0.25) is 0 Å². The number of aryl methyl sites for hydroxylation is 1. The smallest absolute Gasteiger partial charge is 0.379 e. The van der Waals surface area contributed by atoms with Gasteiger partial charge in [-0.3, -0.25) is 0 Å². The fraction of sp³-hybridized carbons (Fsp3) is 0.643. The van der Waals surface area contributed by atoms with Gasteiger partial charge < -0.3 is 10.0 Å². The molecule has 0 spiro atoms. The molecule has 0 unspecified atom stereocenters. The fourth-order valence-corrected chi connectivity index (χ4v) is 2.71. The summed E-state index contributed by atoms with van der Waals surface area (Å²) in [6, 6.07) is 2.03. The molecule has 1 saturated heterocycles. The largest absolute Gasteiger partial charge is 0.418 e. The van der Waals surface area contributed by atoms with Crippen molar-refractivity contribution in [1.29, 1.82) is 5.26 Å². The third-order valence-electron chi connectivity index (χ3n) is 4.01. The first-order valence-electron chi connectivity index (χ1n) is 7.10. The van der Waals surface area contributed by atoms with Crippen molar-refractivity contribution < 1.29 is 18.3 Å². The third kappa shape index (κ3) is 2.61. The van der Waals surface area contributed by atoms with Crippen molar-refractivity contribution in [3.05, 3.63) is 16.8 Å². The number of halogens is 3. The molecule has 5 nitrogen and oxygen atoms in total. The highest BCUT2D eigenvalue weighted by Gasteiger charge is 2.57. The van der Waals surface area contributed by atoms with Crippen LogP contribution in [0.15, 0.2) is 0 Å². The van der Waals surface area contributed by atoms with Crippen LogP contribution in [-0.2, 0) is 12.8 Å². The van der Waals surface area contributed by atoms with Gasteiger partial charge in [-0.05, 0) is 18.4 Å². The summed E-state index contributed by atoms with van der Waals surface area (Å²) in [5, 5.41) is 27.1. The number of hydrogen-bond donors (Lipinski definition) is 1. The molecule has 1 aromatic heterocycles. The van der Waals surface area contributed by atoms with E-state index in [0.29, 0.717) is 24.1 Å². The highest BCUT2D eigenvalue weighted by molar-refractivity contribution is 5.59. The van der Waals surface area contributed by atoms with E-state index in [1.54, 1.807) is 0 Å². The van der Waals surface area contributed by atoms with Crippen molar-refractivity contribution in [3.63, 3.8) is 0 Å². The minimum Gasteiger partial charge on any atom is -0.379 e. The van der Waals surface area contributed by atoms with E-state index in [9.17, 15) is 23.5 Å².